The monoisotopic (exact) mass is 443 g/mol. The van der Waals surface area contributed by atoms with E-state index in [0.717, 1.165) is 22.4 Å². The molecule has 0 unspecified atom stereocenters. The highest BCUT2D eigenvalue weighted by atomic mass is 32.2. The van der Waals surface area contributed by atoms with E-state index >= 15 is 0 Å². The Morgan fingerprint density at radius 1 is 0.969 bits per heavy atom. The van der Waals surface area contributed by atoms with Gasteiger partial charge < -0.3 is 0 Å². The van der Waals surface area contributed by atoms with E-state index in [4.69, 9.17) is 0 Å². The number of nitrogens with one attached hydrogen (secondary N) is 1. The number of hydrogen-bond donors (Lipinski definition) is 1. The molecule has 3 aromatic heterocycles. The summed E-state index contributed by atoms with van der Waals surface area (Å²) in [5.74, 6) is 0.603. The van der Waals surface area contributed by atoms with Gasteiger partial charge >= 0.3 is 0 Å². The molecule has 4 aromatic rings. The Labute approximate surface area is 189 Å². The van der Waals surface area contributed by atoms with E-state index in [1.54, 1.807) is 24.8 Å². The van der Waals surface area contributed by atoms with E-state index in [9.17, 15) is 4.79 Å². The number of aromatic nitrogens is 5. The van der Waals surface area contributed by atoms with Crippen LogP contribution in [0.3, 0.4) is 0 Å². The molecule has 9 heteroatoms. The number of carbonyl (C=O) groups is 1. The molecular formula is C23H21N7OS. The van der Waals surface area contributed by atoms with Crippen LogP contribution in [0.4, 0.5) is 0 Å². The third-order valence-corrected chi connectivity index (χ3v) is 5.57. The van der Waals surface area contributed by atoms with Crippen LogP contribution >= 0.6 is 11.8 Å². The van der Waals surface area contributed by atoms with Crippen LogP contribution in [0.25, 0.3) is 17.1 Å². The number of hydrogen-bond acceptors (Lipinski definition) is 7. The average Bonchev–Trinajstić information content (AvgIpc) is 3.27. The van der Waals surface area contributed by atoms with Crippen LogP contribution in [0.15, 0.2) is 83.6 Å². The molecule has 3 heterocycles. The van der Waals surface area contributed by atoms with E-state index in [1.165, 1.54) is 11.8 Å². The standard InChI is InChI=1S/C23H21N7OS/c1-16-3-5-20(6-4-16)30-22(19-9-13-25-14-10-19)28-29-23(30)32-15-21(31)27-26-17(2)18-7-11-24-12-8-18/h3-14H,15H2,1-2H3,(H,27,31). The van der Waals surface area contributed by atoms with Gasteiger partial charge in [0.15, 0.2) is 11.0 Å². The number of amides is 1. The molecule has 4 rings (SSSR count). The van der Waals surface area contributed by atoms with Gasteiger partial charge in [0.05, 0.1) is 11.5 Å². The number of rotatable bonds is 7. The summed E-state index contributed by atoms with van der Waals surface area (Å²) in [4.78, 5) is 20.5. The van der Waals surface area contributed by atoms with Crippen molar-refractivity contribution in [3.8, 4) is 17.1 Å². The van der Waals surface area contributed by atoms with E-state index in [1.807, 2.05) is 66.9 Å². The van der Waals surface area contributed by atoms with Crippen LogP contribution < -0.4 is 5.43 Å². The SMILES string of the molecule is CC(=NNC(=O)CSc1nnc(-c2ccncc2)n1-c1ccc(C)cc1)c1ccncc1. The minimum atomic E-state index is -0.229. The predicted octanol–water partition coefficient (Wildman–Crippen LogP) is 3.67. The molecule has 0 radical (unpaired) electrons. The summed E-state index contributed by atoms with van der Waals surface area (Å²) in [6, 6.07) is 15.5. The van der Waals surface area contributed by atoms with Gasteiger partial charge in [-0.3, -0.25) is 19.3 Å². The molecule has 0 saturated carbocycles. The summed E-state index contributed by atoms with van der Waals surface area (Å²) in [5.41, 5.74) is 7.16. The van der Waals surface area contributed by atoms with Crippen LogP contribution in [-0.2, 0) is 4.79 Å². The molecule has 1 N–H and O–H groups in total. The van der Waals surface area contributed by atoms with Gasteiger partial charge in [0, 0.05) is 41.6 Å². The van der Waals surface area contributed by atoms with Crippen LogP contribution in [-0.4, -0.2) is 42.1 Å². The topological polar surface area (TPSA) is 98.0 Å². The first kappa shape index (κ1) is 21.4. The first-order chi connectivity index (χ1) is 15.6. The summed E-state index contributed by atoms with van der Waals surface area (Å²) in [5, 5.41) is 13.5. The lowest BCUT2D eigenvalue weighted by Gasteiger charge is -2.10. The van der Waals surface area contributed by atoms with E-state index in [0.29, 0.717) is 16.7 Å². The summed E-state index contributed by atoms with van der Waals surface area (Å²) in [7, 11) is 0. The fraction of sp³-hybridized carbons (Fsp3) is 0.130. The fourth-order valence-corrected chi connectivity index (χ4v) is 3.69. The molecule has 0 spiro atoms. The molecule has 160 valence electrons. The van der Waals surface area contributed by atoms with Crippen molar-refractivity contribution in [3.63, 3.8) is 0 Å². The summed E-state index contributed by atoms with van der Waals surface area (Å²) >= 11 is 1.30. The normalized spacial score (nSPS) is 11.4. The number of thioether (sulfide) groups is 1. The van der Waals surface area contributed by atoms with E-state index in [2.05, 4.69) is 30.7 Å². The molecule has 0 aliphatic carbocycles. The first-order valence-corrected chi connectivity index (χ1v) is 10.9. The quantitative estimate of drug-likeness (QED) is 0.266. The molecule has 32 heavy (non-hydrogen) atoms. The second-order valence-electron chi connectivity index (χ2n) is 6.97. The minimum absolute atomic E-state index is 0.146. The van der Waals surface area contributed by atoms with Gasteiger partial charge in [-0.1, -0.05) is 29.5 Å². The lowest BCUT2D eigenvalue weighted by Crippen LogP contribution is -2.21. The lowest BCUT2D eigenvalue weighted by molar-refractivity contribution is -0.118. The zero-order valence-electron chi connectivity index (χ0n) is 17.6. The van der Waals surface area contributed by atoms with Gasteiger partial charge in [-0.05, 0) is 50.2 Å². The van der Waals surface area contributed by atoms with Gasteiger partial charge in [0.1, 0.15) is 0 Å². The molecule has 8 nitrogen and oxygen atoms in total. The molecule has 0 fully saturated rings. The van der Waals surface area contributed by atoms with Crippen molar-refractivity contribution in [2.75, 3.05) is 5.75 Å². The van der Waals surface area contributed by atoms with Crippen molar-refractivity contribution in [1.29, 1.82) is 0 Å². The Bertz CT molecular complexity index is 1220. The molecule has 0 aliphatic rings. The van der Waals surface area contributed by atoms with Crippen molar-refractivity contribution in [2.24, 2.45) is 5.10 Å². The maximum atomic E-state index is 12.4. The zero-order valence-corrected chi connectivity index (χ0v) is 18.5. The molecule has 0 atom stereocenters. The zero-order chi connectivity index (χ0) is 22.3. The maximum Gasteiger partial charge on any atom is 0.250 e. The Hall–Kier alpha value is -3.85. The van der Waals surface area contributed by atoms with Crippen LogP contribution in [0.1, 0.15) is 18.1 Å². The van der Waals surface area contributed by atoms with Crippen molar-refractivity contribution < 1.29 is 4.79 Å². The van der Waals surface area contributed by atoms with E-state index in [-0.39, 0.29) is 11.7 Å². The Morgan fingerprint density at radius 2 is 1.62 bits per heavy atom. The Balaban J connectivity index is 1.53. The first-order valence-electron chi connectivity index (χ1n) is 9.91. The van der Waals surface area contributed by atoms with Crippen molar-refractivity contribution in [1.82, 2.24) is 30.2 Å². The van der Waals surface area contributed by atoms with Crippen LogP contribution in [0.5, 0.6) is 0 Å². The number of nitrogens with zero attached hydrogens (tertiary/aromatic N) is 6. The highest BCUT2D eigenvalue weighted by Gasteiger charge is 2.17. The van der Waals surface area contributed by atoms with Gasteiger partial charge in [0.2, 0.25) is 0 Å². The van der Waals surface area contributed by atoms with Gasteiger partial charge in [-0.2, -0.15) is 5.10 Å². The number of benzene rings is 1. The Kier molecular flexibility index (Phi) is 6.66. The molecule has 0 aliphatic heterocycles. The Morgan fingerprint density at radius 3 is 2.31 bits per heavy atom. The van der Waals surface area contributed by atoms with Gasteiger partial charge in [-0.25, -0.2) is 5.43 Å². The second kappa shape index (κ2) is 9.97. The average molecular weight is 444 g/mol. The smallest absolute Gasteiger partial charge is 0.250 e. The molecule has 0 saturated heterocycles. The third kappa shape index (κ3) is 5.06. The van der Waals surface area contributed by atoms with Crippen LogP contribution in [0.2, 0.25) is 0 Å². The van der Waals surface area contributed by atoms with Gasteiger partial charge in [-0.15, -0.1) is 10.2 Å². The number of carbonyl (C=O) groups excluding carboxylic acids is 1. The number of aryl methyl sites for hydroxylation is 1. The largest absolute Gasteiger partial charge is 0.272 e. The minimum Gasteiger partial charge on any atom is -0.272 e. The molecule has 1 amide bonds. The lowest BCUT2D eigenvalue weighted by atomic mass is 10.2. The third-order valence-electron chi connectivity index (χ3n) is 4.64. The molecule has 1 aromatic carbocycles. The molecular weight excluding hydrogens is 422 g/mol. The summed E-state index contributed by atoms with van der Waals surface area (Å²) in [6.07, 6.45) is 6.80. The maximum absolute atomic E-state index is 12.4. The second-order valence-corrected chi connectivity index (χ2v) is 7.91. The van der Waals surface area contributed by atoms with Crippen molar-refractivity contribution >= 4 is 23.4 Å². The van der Waals surface area contributed by atoms with Crippen molar-refractivity contribution in [3.05, 3.63) is 84.4 Å². The molecule has 0 bridgehead atoms. The summed E-state index contributed by atoms with van der Waals surface area (Å²) < 4.78 is 1.94. The highest BCUT2D eigenvalue weighted by molar-refractivity contribution is 7.99. The van der Waals surface area contributed by atoms with Crippen LogP contribution in [0, 0.1) is 6.92 Å². The number of pyridine rings is 2. The fourth-order valence-electron chi connectivity index (χ4n) is 2.94. The highest BCUT2D eigenvalue weighted by Crippen LogP contribution is 2.27. The number of hydrazone groups is 1. The summed E-state index contributed by atoms with van der Waals surface area (Å²) in [6.45, 7) is 3.87. The van der Waals surface area contributed by atoms with Gasteiger partial charge in [0.25, 0.3) is 5.91 Å². The van der Waals surface area contributed by atoms with E-state index < -0.39 is 0 Å². The predicted molar refractivity (Wildman–Crippen MR) is 125 cm³/mol. The van der Waals surface area contributed by atoms with Crippen molar-refractivity contribution in [2.45, 2.75) is 19.0 Å².